The Hall–Kier alpha value is -8.82. The Morgan fingerprint density at radius 2 is 1.14 bits per heavy atom. The highest BCUT2D eigenvalue weighted by Gasteiger charge is 2.42. The van der Waals surface area contributed by atoms with Crippen LogP contribution in [0.5, 0.6) is 34.5 Å². The summed E-state index contributed by atoms with van der Waals surface area (Å²) in [5.74, 6) is 1.68. The van der Waals surface area contributed by atoms with Gasteiger partial charge in [0, 0.05) is 75.9 Å². The summed E-state index contributed by atoms with van der Waals surface area (Å²) >= 11 is 0. The van der Waals surface area contributed by atoms with E-state index in [-0.39, 0.29) is 68.3 Å². The van der Waals surface area contributed by atoms with E-state index in [0.717, 1.165) is 14.7 Å². The van der Waals surface area contributed by atoms with Gasteiger partial charge in [-0.1, -0.05) is 36.4 Å². The molecule has 4 aromatic heterocycles. The standard InChI is InChI=1S/C49H48N10O12/c1-52-35-23-41(69-5)39(67-3)21-33(35)50-31(44(52)61)15-17-54-46(63)56-19-14-29-37(58(56)48(54)65)25-57-47(64)55(18-16-32-45(62)53(2)36-24-42(70-6)40(68-4)22-34(36)51-32)49(66)59(57)43(29)30-13-12-28(20-38(30)60)71-26-27-10-8-7-9-11-27/h7-14,20-24,37,43,60H,15-19,25-26H2,1-6H3/t37-,43-/m1/s1. The third kappa shape index (κ3) is 7.58. The number of hydrogen-bond acceptors (Lipinski definition) is 14. The fraction of sp³-hybridized carbons (Fsp3) is 0.306. The number of aromatic nitrogens is 10. The zero-order valence-corrected chi connectivity index (χ0v) is 39.5. The molecule has 2 aliphatic rings. The first-order valence-corrected chi connectivity index (χ1v) is 22.5. The smallest absolute Gasteiger partial charge is 0.348 e. The third-order valence-electron chi connectivity index (χ3n) is 13.4. The van der Waals surface area contributed by atoms with E-state index in [4.69, 9.17) is 23.7 Å². The first-order valence-electron chi connectivity index (χ1n) is 22.5. The summed E-state index contributed by atoms with van der Waals surface area (Å²) in [5.41, 5.74) is -0.216. The van der Waals surface area contributed by atoms with Crippen molar-refractivity contribution in [2.45, 2.75) is 57.7 Å². The Labute approximate surface area is 401 Å². The van der Waals surface area contributed by atoms with Gasteiger partial charge in [-0.25, -0.2) is 57.0 Å². The third-order valence-corrected chi connectivity index (χ3v) is 13.4. The Morgan fingerprint density at radius 1 is 0.620 bits per heavy atom. The lowest BCUT2D eigenvalue weighted by Crippen LogP contribution is -2.47. The second-order valence-corrected chi connectivity index (χ2v) is 17.1. The minimum absolute atomic E-state index is 0.0814. The molecule has 0 bridgehead atoms. The molecule has 0 saturated carbocycles. The van der Waals surface area contributed by atoms with Crippen LogP contribution in [0.15, 0.2) is 113 Å². The summed E-state index contributed by atoms with van der Waals surface area (Å²) in [6.07, 6.45) is 1.51. The maximum atomic E-state index is 14.7. The van der Waals surface area contributed by atoms with Gasteiger partial charge in [0.25, 0.3) is 11.1 Å². The molecule has 0 saturated heterocycles. The first-order chi connectivity index (χ1) is 34.3. The molecule has 8 aromatic rings. The Bertz CT molecular complexity index is 3870. The number of nitrogens with zero attached hydrogens (tertiary/aromatic N) is 10. The minimum atomic E-state index is -1.16. The Kier molecular flexibility index (Phi) is 11.6. The number of aromatic hydroxyl groups is 1. The van der Waals surface area contributed by atoms with Crippen molar-refractivity contribution >= 4 is 22.1 Å². The summed E-state index contributed by atoms with van der Waals surface area (Å²) in [7, 11) is 9.08. The van der Waals surface area contributed by atoms with Crippen molar-refractivity contribution in [1.29, 1.82) is 0 Å². The number of hydrogen-bond donors (Lipinski definition) is 1. The fourth-order valence-corrected chi connectivity index (χ4v) is 9.68. The van der Waals surface area contributed by atoms with Gasteiger partial charge in [-0.15, -0.1) is 0 Å². The van der Waals surface area contributed by atoms with Crippen LogP contribution in [0.3, 0.4) is 0 Å². The van der Waals surface area contributed by atoms with E-state index in [0.29, 0.717) is 56.4 Å². The number of phenolic OH excluding ortho intramolecular Hbond substituents is 1. The van der Waals surface area contributed by atoms with Crippen LogP contribution in [0.1, 0.15) is 34.6 Å². The molecular weight excluding hydrogens is 921 g/mol. The average Bonchev–Trinajstić information content (AvgIpc) is 3.77. The summed E-state index contributed by atoms with van der Waals surface area (Å²) in [5, 5.41) is 11.8. The number of rotatable bonds is 14. The van der Waals surface area contributed by atoms with Gasteiger partial charge in [0.1, 0.15) is 35.5 Å². The van der Waals surface area contributed by atoms with E-state index in [1.54, 1.807) is 56.6 Å². The van der Waals surface area contributed by atoms with E-state index in [1.165, 1.54) is 62.4 Å². The molecule has 22 heteroatoms. The maximum Gasteiger partial charge on any atom is 0.348 e. The number of methoxy groups -OCH3 is 4. The van der Waals surface area contributed by atoms with Crippen LogP contribution in [-0.2, 0) is 59.7 Å². The van der Waals surface area contributed by atoms with Gasteiger partial charge in [0.05, 0.1) is 69.6 Å². The number of benzene rings is 4. The second kappa shape index (κ2) is 17.9. The summed E-state index contributed by atoms with van der Waals surface area (Å²) in [6.45, 7) is -0.632. The summed E-state index contributed by atoms with van der Waals surface area (Å²) in [4.78, 5) is 94.5. The minimum Gasteiger partial charge on any atom is -0.507 e. The van der Waals surface area contributed by atoms with Crippen LogP contribution in [0.2, 0.25) is 0 Å². The molecule has 71 heavy (non-hydrogen) atoms. The van der Waals surface area contributed by atoms with Crippen molar-refractivity contribution in [2.24, 2.45) is 14.1 Å². The zero-order chi connectivity index (χ0) is 50.0. The van der Waals surface area contributed by atoms with Crippen LogP contribution < -0.4 is 57.6 Å². The highest BCUT2D eigenvalue weighted by Crippen LogP contribution is 2.42. The van der Waals surface area contributed by atoms with E-state index < -0.39 is 46.0 Å². The lowest BCUT2D eigenvalue weighted by Gasteiger charge is -2.37. The van der Waals surface area contributed by atoms with Crippen molar-refractivity contribution in [3.63, 3.8) is 0 Å². The molecule has 0 aliphatic carbocycles. The van der Waals surface area contributed by atoms with Crippen LogP contribution in [-0.4, -0.2) is 80.5 Å². The molecule has 0 radical (unpaired) electrons. The molecule has 366 valence electrons. The zero-order valence-electron chi connectivity index (χ0n) is 39.5. The molecule has 1 N–H and O–H groups in total. The van der Waals surface area contributed by atoms with Crippen molar-refractivity contribution < 1.29 is 28.8 Å². The number of aryl methyl sites for hydroxylation is 4. The first kappa shape index (κ1) is 45.9. The highest BCUT2D eigenvalue weighted by atomic mass is 16.5. The molecule has 2 atom stereocenters. The SMILES string of the molecule is COc1cc2nc(CCn3c(=O)n4n(c3=O)[C@@H]3Cn5c(=O)n(CCc6nc7cc(OC)c(OC)cc7n(C)c6=O)c(=O)n5[C@@H](c5ccc(OCc6ccccc6)cc5O)C3=CC4)c(=O)n(C)c2cc1OC. The van der Waals surface area contributed by atoms with E-state index >= 15 is 0 Å². The molecule has 0 fully saturated rings. The molecule has 6 heterocycles. The van der Waals surface area contributed by atoms with Crippen molar-refractivity contribution in [1.82, 2.24) is 47.0 Å². The topological polar surface area (TPSA) is 234 Å². The molecule has 0 unspecified atom stereocenters. The van der Waals surface area contributed by atoms with E-state index in [2.05, 4.69) is 9.97 Å². The molecule has 2 aliphatic heterocycles. The number of fused-ring (bicyclic) bond motifs is 6. The molecule has 0 amide bonds. The van der Waals surface area contributed by atoms with Crippen LogP contribution in [0, 0.1) is 0 Å². The fourth-order valence-electron chi connectivity index (χ4n) is 9.68. The van der Waals surface area contributed by atoms with Gasteiger partial charge >= 0.3 is 22.8 Å². The van der Waals surface area contributed by atoms with E-state index in [9.17, 15) is 33.9 Å². The van der Waals surface area contributed by atoms with Crippen LogP contribution >= 0.6 is 0 Å². The largest absolute Gasteiger partial charge is 0.507 e. The quantitative estimate of drug-likeness (QED) is 0.154. The van der Waals surface area contributed by atoms with Gasteiger partial charge in [0.2, 0.25) is 0 Å². The average molecular weight is 969 g/mol. The molecule has 0 spiro atoms. The number of phenols is 1. The number of ether oxygens (including phenoxy) is 5. The van der Waals surface area contributed by atoms with Crippen LogP contribution in [0.4, 0.5) is 0 Å². The predicted molar refractivity (Wildman–Crippen MR) is 258 cm³/mol. The molecule has 10 rings (SSSR count). The molecule has 22 nitrogen and oxygen atoms in total. The Morgan fingerprint density at radius 3 is 1.68 bits per heavy atom. The van der Waals surface area contributed by atoms with E-state index in [1.807, 2.05) is 30.3 Å². The summed E-state index contributed by atoms with van der Waals surface area (Å²) < 4.78 is 37.5. The summed E-state index contributed by atoms with van der Waals surface area (Å²) in [6, 6.07) is 18.5. The van der Waals surface area contributed by atoms with Crippen molar-refractivity contribution in [3.8, 4) is 34.5 Å². The monoisotopic (exact) mass is 968 g/mol. The second-order valence-electron chi connectivity index (χ2n) is 17.1. The lowest BCUT2D eigenvalue weighted by atomic mass is 9.89. The van der Waals surface area contributed by atoms with Gasteiger partial charge < -0.3 is 37.9 Å². The highest BCUT2D eigenvalue weighted by molar-refractivity contribution is 5.80. The van der Waals surface area contributed by atoms with Gasteiger partial charge in [-0.3, -0.25) is 9.59 Å². The molecule has 4 aromatic carbocycles. The van der Waals surface area contributed by atoms with Gasteiger partial charge in [0.15, 0.2) is 23.0 Å². The maximum absolute atomic E-state index is 14.7. The number of allylic oxidation sites excluding steroid dienone is 2. The molecular formula is C49H48N10O12. The van der Waals surface area contributed by atoms with Crippen molar-refractivity contribution in [2.75, 3.05) is 28.4 Å². The van der Waals surface area contributed by atoms with Crippen LogP contribution in [0.25, 0.3) is 22.1 Å². The normalized spacial score (nSPS) is 15.0. The van der Waals surface area contributed by atoms with Gasteiger partial charge in [-0.05, 0) is 23.3 Å². The predicted octanol–water partition coefficient (Wildman–Crippen LogP) is 2.02. The van der Waals surface area contributed by atoms with Crippen molar-refractivity contribution in [3.05, 3.63) is 170 Å². The Balaban J connectivity index is 1.03. The lowest BCUT2D eigenvalue weighted by molar-refractivity contribution is 0.243. The van der Waals surface area contributed by atoms with Gasteiger partial charge in [-0.2, -0.15) is 0 Å².